The summed E-state index contributed by atoms with van der Waals surface area (Å²) in [6.45, 7) is 6.74. The second-order valence-electron chi connectivity index (χ2n) is 4.97. The first-order valence-electron chi connectivity index (χ1n) is 5.21. The number of rotatable bonds is 4. The molecule has 1 amide bonds. The molecule has 0 spiro atoms. The molecule has 1 rings (SSSR count). The van der Waals surface area contributed by atoms with Crippen molar-refractivity contribution in [1.29, 1.82) is 0 Å². The Balaban J connectivity index is 2.09. The van der Waals surface area contributed by atoms with Crippen molar-refractivity contribution < 1.29 is 14.4 Å². The van der Waals surface area contributed by atoms with Gasteiger partial charge in [0.15, 0.2) is 0 Å². The molecule has 3 N–H and O–H groups in total. The lowest BCUT2D eigenvalue weighted by Gasteiger charge is -2.19. The zero-order chi connectivity index (χ0) is 11.5. The number of amides is 1. The minimum absolute atomic E-state index is 0.359. The molecule has 15 heavy (non-hydrogen) atoms. The third-order valence-electron chi connectivity index (χ3n) is 2.29. The van der Waals surface area contributed by atoms with Crippen LogP contribution in [-0.2, 0) is 9.57 Å². The van der Waals surface area contributed by atoms with Crippen molar-refractivity contribution in [1.82, 2.24) is 5.32 Å². The van der Waals surface area contributed by atoms with Gasteiger partial charge >= 0.3 is 6.09 Å². The van der Waals surface area contributed by atoms with Gasteiger partial charge < -0.3 is 14.9 Å². The SMILES string of the molecule is CC(C)(C)OC(=O)NCC1CC1CON. The Morgan fingerprint density at radius 3 is 2.67 bits per heavy atom. The van der Waals surface area contributed by atoms with E-state index in [2.05, 4.69) is 10.2 Å². The molecule has 0 saturated heterocycles. The molecule has 2 unspecified atom stereocenters. The van der Waals surface area contributed by atoms with Gasteiger partial charge in [0.25, 0.3) is 0 Å². The van der Waals surface area contributed by atoms with E-state index in [1.807, 2.05) is 20.8 Å². The number of ether oxygens (including phenoxy) is 1. The third-order valence-corrected chi connectivity index (χ3v) is 2.29. The highest BCUT2D eigenvalue weighted by Gasteiger charge is 2.37. The van der Waals surface area contributed by atoms with Crippen LogP contribution in [0.25, 0.3) is 0 Å². The van der Waals surface area contributed by atoms with Crippen molar-refractivity contribution in [3.8, 4) is 0 Å². The number of carbonyl (C=O) groups excluding carboxylic acids is 1. The van der Waals surface area contributed by atoms with Crippen LogP contribution in [0.15, 0.2) is 0 Å². The highest BCUT2D eigenvalue weighted by molar-refractivity contribution is 5.67. The van der Waals surface area contributed by atoms with Crippen LogP contribution in [0.5, 0.6) is 0 Å². The number of alkyl carbamates (subject to hydrolysis) is 1. The second kappa shape index (κ2) is 4.81. The summed E-state index contributed by atoms with van der Waals surface area (Å²) in [5.74, 6) is 5.94. The predicted octanol–water partition coefficient (Wildman–Crippen LogP) is 1.04. The van der Waals surface area contributed by atoms with Gasteiger partial charge in [0.1, 0.15) is 5.60 Å². The van der Waals surface area contributed by atoms with Gasteiger partial charge in [-0.2, -0.15) is 0 Å². The Labute approximate surface area is 90.3 Å². The van der Waals surface area contributed by atoms with Gasteiger partial charge in [0.05, 0.1) is 6.61 Å². The lowest BCUT2D eigenvalue weighted by atomic mass is 10.2. The standard InChI is InChI=1S/C10H20N2O3/c1-10(2,3)15-9(13)12-5-7-4-8(7)6-14-11/h7-8H,4-6,11H2,1-3H3,(H,12,13). The van der Waals surface area contributed by atoms with Gasteiger partial charge in [-0.15, -0.1) is 0 Å². The number of hydrogen-bond donors (Lipinski definition) is 2. The molecule has 0 aromatic heterocycles. The lowest BCUT2D eigenvalue weighted by molar-refractivity contribution is 0.0522. The molecule has 5 heteroatoms. The van der Waals surface area contributed by atoms with Crippen LogP contribution >= 0.6 is 0 Å². The molecule has 88 valence electrons. The Morgan fingerprint density at radius 2 is 2.13 bits per heavy atom. The molecule has 0 heterocycles. The summed E-state index contributed by atoms with van der Waals surface area (Å²) in [6.07, 6.45) is 0.703. The number of nitrogens with two attached hydrogens (primary N) is 1. The fraction of sp³-hybridized carbons (Fsp3) is 0.900. The summed E-state index contributed by atoms with van der Waals surface area (Å²) >= 11 is 0. The minimum Gasteiger partial charge on any atom is -0.444 e. The van der Waals surface area contributed by atoms with Crippen molar-refractivity contribution in [2.75, 3.05) is 13.2 Å². The molecule has 0 bridgehead atoms. The van der Waals surface area contributed by atoms with Crippen LogP contribution in [-0.4, -0.2) is 24.8 Å². The van der Waals surface area contributed by atoms with Crippen LogP contribution < -0.4 is 11.2 Å². The Hall–Kier alpha value is -0.810. The summed E-state index contributed by atoms with van der Waals surface area (Å²) in [5, 5.41) is 2.73. The maximum atomic E-state index is 11.3. The average molecular weight is 216 g/mol. The largest absolute Gasteiger partial charge is 0.444 e. The minimum atomic E-state index is -0.437. The third kappa shape index (κ3) is 4.99. The van der Waals surface area contributed by atoms with Gasteiger partial charge in [-0.25, -0.2) is 10.7 Å². The van der Waals surface area contributed by atoms with E-state index in [1.54, 1.807) is 0 Å². The summed E-state index contributed by atoms with van der Waals surface area (Å²) in [7, 11) is 0. The van der Waals surface area contributed by atoms with Gasteiger partial charge in [-0.1, -0.05) is 0 Å². The Bertz CT molecular complexity index is 225. The van der Waals surface area contributed by atoms with E-state index < -0.39 is 5.60 Å². The van der Waals surface area contributed by atoms with Gasteiger partial charge in [-0.3, -0.25) is 0 Å². The van der Waals surface area contributed by atoms with E-state index in [0.29, 0.717) is 25.0 Å². The molecule has 5 nitrogen and oxygen atoms in total. The first-order valence-corrected chi connectivity index (χ1v) is 5.21. The average Bonchev–Trinajstić information content (AvgIpc) is 2.78. The van der Waals surface area contributed by atoms with Gasteiger partial charge in [-0.05, 0) is 39.0 Å². The normalized spacial score (nSPS) is 24.8. The lowest BCUT2D eigenvalue weighted by Crippen LogP contribution is -2.33. The first-order chi connectivity index (χ1) is 6.92. The van der Waals surface area contributed by atoms with E-state index in [1.165, 1.54) is 0 Å². The smallest absolute Gasteiger partial charge is 0.407 e. The van der Waals surface area contributed by atoms with Crippen LogP contribution in [0.3, 0.4) is 0 Å². The molecule has 0 aromatic carbocycles. The molecule has 0 aromatic rings. The molecule has 1 aliphatic carbocycles. The zero-order valence-electron chi connectivity index (χ0n) is 9.58. The fourth-order valence-corrected chi connectivity index (χ4v) is 1.42. The maximum absolute atomic E-state index is 11.3. The van der Waals surface area contributed by atoms with Crippen molar-refractivity contribution >= 4 is 6.09 Å². The number of hydrogen-bond acceptors (Lipinski definition) is 4. The van der Waals surface area contributed by atoms with E-state index in [4.69, 9.17) is 10.6 Å². The predicted molar refractivity (Wildman–Crippen MR) is 56.0 cm³/mol. The fourth-order valence-electron chi connectivity index (χ4n) is 1.42. The monoisotopic (exact) mass is 216 g/mol. The molecule has 1 aliphatic rings. The number of carbonyl (C=O) groups is 1. The Kier molecular flexibility index (Phi) is 3.93. The van der Waals surface area contributed by atoms with E-state index in [0.717, 1.165) is 6.42 Å². The van der Waals surface area contributed by atoms with Crippen molar-refractivity contribution in [2.45, 2.75) is 32.8 Å². The Morgan fingerprint density at radius 1 is 1.47 bits per heavy atom. The summed E-state index contributed by atoms with van der Waals surface area (Å²) in [6, 6.07) is 0. The van der Waals surface area contributed by atoms with Crippen molar-refractivity contribution in [3.63, 3.8) is 0 Å². The quantitative estimate of drug-likeness (QED) is 0.688. The highest BCUT2D eigenvalue weighted by atomic mass is 16.6. The first kappa shape index (κ1) is 12.3. The highest BCUT2D eigenvalue weighted by Crippen LogP contribution is 2.37. The van der Waals surface area contributed by atoms with Crippen molar-refractivity contribution in [3.05, 3.63) is 0 Å². The summed E-state index contributed by atoms with van der Waals surface area (Å²) in [4.78, 5) is 15.8. The molecule has 0 radical (unpaired) electrons. The van der Waals surface area contributed by atoms with Gasteiger partial charge in [0, 0.05) is 6.54 Å². The van der Waals surface area contributed by atoms with Crippen LogP contribution in [0.2, 0.25) is 0 Å². The maximum Gasteiger partial charge on any atom is 0.407 e. The number of nitrogens with one attached hydrogen (secondary N) is 1. The topological polar surface area (TPSA) is 73.6 Å². The molecule has 1 fully saturated rings. The van der Waals surface area contributed by atoms with Crippen LogP contribution in [0.4, 0.5) is 4.79 Å². The summed E-state index contributed by atoms with van der Waals surface area (Å²) in [5.41, 5.74) is -0.437. The van der Waals surface area contributed by atoms with Crippen molar-refractivity contribution in [2.24, 2.45) is 17.7 Å². The summed E-state index contributed by atoms with van der Waals surface area (Å²) < 4.78 is 5.11. The molecule has 2 atom stereocenters. The van der Waals surface area contributed by atoms with E-state index in [9.17, 15) is 4.79 Å². The molecule has 0 aliphatic heterocycles. The van der Waals surface area contributed by atoms with E-state index in [-0.39, 0.29) is 6.09 Å². The zero-order valence-corrected chi connectivity index (χ0v) is 9.58. The van der Waals surface area contributed by atoms with Gasteiger partial charge in [0.2, 0.25) is 0 Å². The molecular weight excluding hydrogens is 196 g/mol. The van der Waals surface area contributed by atoms with E-state index >= 15 is 0 Å². The van der Waals surface area contributed by atoms with Crippen LogP contribution in [0.1, 0.15) is 27.2 Å². The molecular formula is C10H20N2O3. The van der Waals surface area contributed by atoms with Crippen LogP contribution in [0, 0.1) is 11.8 Å². The second-order valence-corrected chi connectivity index (χ2v) is 4.97. The molecule has 1 saturated carbocycles.